The third kappa shape index (κ3) is 5.54. The first-order valence-electron chi connectivity index (χ1n) is 12.4. The van der Waals surface area contributed by atoms with Crippen molar-refractivity contribution in [3.05, 3.63) is 95.8 Å². The Hall–Kier alpha value is -4.62. The van der Waals surface area contributed by atoms with Crippen LogP contribution in [0.1, 0.15) is 6.92 Å². The van der Waals surface area contributed by atoms with Gasteiger partial charge in [-0.2, -0.15) is 0 Å². The van der Waals surface area contributed by atoms with Crippen molar-refractivity contribution >= 4 is 31.1 Å². The molecule has 11 nitrogen and oxygen atoms in total. The van der Waals surface area contributed by atoms with Gasteiger partial charge in [0.25, 0.3) is 15.6 Å². The molecule has 0 aliphatic heterocycles. The van der Waals surface area contributed by atoms with Crippen molar-refractivity contribution in [1.82, 2.24) is 14.0 Å². The summed E-state index contributed by atoms with van der Waals surface area (Å²) < 4.78 is 68.1. The van der Waals surface area contributed by atoms with Crippen LogP contribution in [0.3, 0.4) is 0 Å². The molecule has 0 amide bonds. The van der Waals surface area contributed by atoms with Crippen LogP contribution in [-0.2, 0) is 26.9 Å². The number of imidazole rings is 1. The summed E-state index contributed by atoms with van der Waals surface area (Å²) in [4.78, 5) is 16.9. The fraction of sp³-hybridized carbons (Fsp3) is 0.143. The van der Waals surface area contributed by atoms with Crippen molar-refractivity contribution in [2.24, 2.45) is 7.05 Å². The Labute approximate surface area is 236 Å². The van der Waals surface area contributed by atoms with Crippen LogP contribution < -0.4 is 19.8 Å². The van der Waals surface area contributed by atoms with E-state index in [2.05, 4.69) is 9.71 Å². The van der Waals surface area contributed by atoms with Gasteiger partial charge in [0.15, 0.2) is 9.84 Å². The van der Waals surface area contributed by atoms with Crippen molar-refractivity contribution in [1.29, 1.82) is 0 Å². The van der Waals surface area contributed by atoms with Crippen LogP contribution in [0.5, 0.6) is 17.2 Å². The average Bonchev–Trinajstić information content (AvgIpc) is 3.46. The van der Waals surface area contributed by atoms with E-state index in [1.54, 1.807) is 54.9 Å². The van der Waals surface area contributed by atoms with Crippen LogP contribution in [0.25, 0.3) is 16.8 Å². The van der Waals surface area contributed by atoms with E-state index in [1.165, 1.54) is 60.6 Å². The van der Waals surface area contributed by atoms with Gasteiger partial charge in [-0.3, -0.25) is 13.9 Å². The molecule has 0 bridgehead atoms. The molecule has 1 N–H and O–H groups in total. The molecule has 0 saturated heterocycles. The van der Waals surface area contributed by atoms with Gasteiger partial charge in [0.1, 0.15) is 22.8 Å². The zero-order valence-electron chi connectivity index (χ0n) is 22.3. The number of hydrogen-bond acceptors (Lipinski definition) is 8. The van der Waals surface area contributed by atoms with Gasteiger partial charge < -0.3 is 14.0 Å². The van der Waals surface area contributed by atoms with Gasteiger partial charge in [0, 0.05) is 24.9 Å². The lowest BCUT2D eigenvalue weighted by atomic mass is 10.1. The Morgan fingerprint density at radius 1 is 0.927 bits per heavy atom. The SMILES string of the molecule is CCS(=O)(=O)c1ccc(Oc2cccc(NS(=O)(=O)c3ccc(OC)cc3)c2)c(-c2cn(C)c(=O)c3cncn23)c1. The van der Waals surface area contributed by atoms with E-state index in [0.29, 0.717) is 28.3 Å². The highest BCUT2D eigenvalue weighted by Crippen LogP contribution is 2.36. The number of aromatic nitrogens is 3. The molecular weight excluding hydrogens is 568 g/mol. The van der Waals surface area contributed by atoms with Crippen molar-refractivity contribution in [2.75, 3.05) is 17.6 Å². The van der Waals surface area contributed by atoms with Crippen LogP contribution in [-0.4, -0.2) is 43.7 Å². The maximum absolute atomic E-state index is 12.9. The number of nitrogens with zero attached hydrogens (tertiary/aromatic N) is 3. The highest BCUT2D eigenvalue weighted by molar-refractivity contribution is 7.92. The van der Waals surface area contributed by atoms with Gasteiger partial charge in [-0.25, -0.2) is 21.8 Å². The fourth-order valence-electron chi connectivity index (χ4n) is 4.21. The second kappa shape index (κ2) is 10.7. The van der Waals surface area contributed by atoms with E-state index >= 15 is 0 Å². The predicted octanol–water partition coefficient (Wildman–Crippen LogP) is 4.10. The van der Waals surface area contributed by atoms with Crippen LogP contribution in [0.4, 0.5) is 5.69 Å². The summed E-state index contributed by atoms with van der Waals surface area (Å²) in [6.45, 7) is 1.55. The smallest absolute Gasteiger partial charge is 0.276 e. The molecule has 0 saturated carbocycles. The largest absolute Gasteiger partial charge is 0.497 e. The normalized spacial score (nSPS) is 11.9. The van der Waals surface area contributed by atoms with Crippen LogP contribution in [0.15, 0.2) is 100 Å². The molecule has 5 rings (SSSR count). The minimum atomic E-state index is -3.90. The Kier molecular flexibility index (Phi) is 7.32. The van der Waals surface area contributed by atoms with Gasteiger partial charge in [-0.05, 0) is 54.6 Å². The van der Waals surface area contributed by atoms with Crippen molar-refractivity contribution < 1.29 is 26.3 Å². The summed E-state index contributed by atoms with van der Waals surface area (Å²) in [6.07, 6.45) is 4.46. The third-order valence-corrected chi connectivity index (χ3v) is 9.53. The fourth-order valence-corrected chi connectivity index (χ4v) is 6.16. The highest BCUT2D eigenvalue weighted by Gasteiger charge is 2.20. The predicted molar refractivity (Wildman–Crippen MR) is 154 cm³/mol. The molecule has 3 aromatic carbocycles. The maximum atomic E-state index is 12.9. The molecule has 0 radical (unpaired) electrons. The third-order valence-electron chi connectivity index (χ3n) is 6.40. The van der Waals surface area contributed by atoms with Crippen molar-refractivity contribution in [2.45, 2.75) is 16.7 Å². The first-order chi connectivity index (χ1) is 19.5. The van der Waals surface area contributed by atoms with E-state index in [4.69, 9.17) is 9.47 Å². The van der Waals surface area contributed by atoms with Gasteiger partial charge in [-0.1, -0.05) is 13.0 Å². The zero-order valence-corrected chi connectivity index (χ0v) is 23.9. The Morgan fingerprint density at radius 2 is 1.66 bits per heavy atom. The lowest BCUT2D eigenvalue weighted by Gasteiger charge is -2.16. The number of sulfonamides is 1. The first-order valence-corrected chi connectivity index (χ1v) is 15.5. The topological polar surface area (TPSA) is 138 Å². The molecular formula is C28H26N4O7S2. The zero-order chi connectivity index (χ0) is 29.4. The van der Waals surface area contributed by atoms with Crippen molar-refractivity contribution in [3.8, 4) is 28.5 Å². The second-order valence-corrected chi connectivity index (χ2v) is 13.0. The highest BCUT2D eigenvalue weighted by atomic mass is 32.2. The van der Waals surface area contributed by atoms with Crippen LogP contribution in [0, 0.1) is 0 Å². The number of fused-ring (bicyclic) bond motifs is 1. The van der Waals surface area contributed by atoms with E-state index in [-0.39, 0.29) is 32.5 Å². The quantitative estimate of drug-likeness (QED) is 0.269. The molecule has 2 aromatic heterocycles. The van der Waals surface area contributed by atoms with E-state index in [0.717, 1.165) is 0 Å². The number of sulfone groups is 1. The molecule has 41 heavy (non-hydrogen) atoms. The summed E-state index contributed by atoms with van der Waals surface area (Å²) in [5, 5.41) is 0. The Morgan fingerprint density at radius 3 is 2.37 bits per heavy atom. The summed E-state index contributed by atoms with van der Waals surface area (Å²) in [5.41, 5.74) is 1.14. The standard InChI is InChI=1S/C28H26N4O7S2/c1-4-40(34,35)23-12-13-27(24(15-23)26-17-31(2)28(33)25-16-29-18-32(25)26)39-21-7-5-6-19(14-21)30-41(36,37)22-10-8-20(38-3)9-11-22/h5-18,30H,4H2,1-3H3. The van der Waals surface area contributed by atoms with E-state index in [9.17, 15) is 21.6 Å². The number of hydrogen-bond donors (Lipinski definition) is 1. The monoisotopic (exact) mass is 594 g/mol. The molecule has 2 heterocycles. The van der Waals surface area contributed by atoms with Gasteiger partial charge in [0.2, 0.25) is 0 Å². The van der Waals surface area contributed by atoms with Crippen LogP contribution >= 0.6 is 0 Å². The lowest BCUT2D eigenvalue weighted by Crippen LogP contribution is -2.19. The van der Waals surface area contributed by atoms with Gasteiger partial charge in [-0.15, -0.1) is 0 Å². The number of ether oxygens (including phenoxy) is 2. The number of benzene rings is 3. The molecule has 0 atom stereocenters. The molecule has 0 unspecified atom stereocenters. The summed E-state index contributed by atoms with van der Waals surface area (Å²) in [7, 11) is -4.39. The lowest BCUT2D eigenvalue weighted by molar-refractivity contribution is 0.414. The van der Waals surface area contributed by atoms with Crippen molar-refractivity contribution in [3.63, 3.8) is 0 Å². The minimum absolute atomic E-state index is 0.0543. The average molecular weight is 595 g/mol. The molecule has 0 fully saturated rings. The molecule has 212 valence electrons. The number of aryl methyl sites for hydroxylation is 1. The summed E-state index contributed by atoms with van der Waals surface area (Å²) >= 11 is 0. The summed E-state index contributed by atoms with van der Waals surface area (Å²) in [5.74, 6) is 0.999. The number of nitrogens with one attached hydrogen (secondary N) is 1. The Bertz CT molecular complexity index is 2030. The van der Waals surface area contributed by atoms with Crippen LogP contribution in [0.2, 0.25) is 0 Å². The van der Waals surface area contributed by atoms with Gasteiger partial charge >= 0.3 is 0 Å². The maximum Gasteiger partial charge on any atom is 0.276 e. The number of methoxy groups -OCH3 is 1. The molecule has 13 heteroatoms. The number of anilines is 1. The second-order valence-electron chi connectivity index (χ2n) is 9.05. The van der Waals surface area contributed by atoms with Gasteiger partial charge in [0.05, 0.1) is 46.6 Å². The Balaban J connectivity index is 1.55. The first kappa shape index (κ1) is 27.9. The molecule has 0 spiro atoms. The molecule has 0 aliphatic rings. The summed E-state index contributed by atoms with van der Waals surface area (Å²) in [6, 6.07) is 16.8. The molecule has 5 aromatic rings. The molecule has 0 aliphatic carbocycles. The van der Waals surface area contributed by atoms with E-state index < -0.39 is 19.9 Å². The number of rotatable bonds is 9. The van der Waals surface area contributed by atoms with E-state index in [1.807, 2.05) is 0 Å². The minimum Gasteiger partial charge on any atom is -0.497 e.